The molecule has 0 bridgehead atoms. The van der Waals surface area contributed by atoms with Crippen LogP contribution < -0.4 is 14.2 Å². The number of benzene rings is 3. The molecule has 0 aliphatic carbocycles. The summed E-state index contributed by atoms with van der Waals surface area (Å²) in [5.74, 6) is 0.0539. The van der Waals surface area contributed by atoms with E-state index in [1.165, 1.54) is 24.3 Å². The minimum atomic E-state index is -4.18. The standard InChI is InChI=1S/C20H13NO6S/c22-19-17-11-10-16(12-18(17)20(23)21-19)28(24,25)27-15-8-6-14(7-9-15)26-13-4-2-1-3-5-13/h1-12H,(H,21,22,23). The van der Waals surface area contributed by atoms with E-state index in [2.05, 4.69) is 5.32 Å². The van der Waals surface area contributed by atoms with E-state index in [9.17, 15) is 18.0 Å². The zero-order valence-electron chi connectivity index (χ0n) is 14.3. The highest BCUT2D eigenvalue weighted by Gasteiger charge is 2.29. The van der Waals surface area contributed by atoms with Gasteiger partial charge in [-0.25, -0.2) is 0 Å². The number of carbonyl (C=O) groups is 2. The van der Waals surface area contributed by atoms with Crippen LogP contribution in [0.1, 0.15) is 20.7 Å². The minimum Gasteiger partial charge on any atom is -0.457 e. The van der Waals surface area contributed by atoms with Crippen molar-refractivity contribution in [1.82, 2.24) is 5.32 Å². The summed E-state index contributed by atoms with van der Waals surface area (Å²) in [5.41, 5.74) is 0.132. The Labute approximate surface area is 160 Å². The summed E-state index contributed by atoms with van der Waals surface area (Å²) in [7, 11) is -4.18. The molecule has 0 unspecified atom stereocenters. The van der Waals surface area contributed by atoms with Crippen LogP contribution >= 0.6 is 0 Å². The monoisotopic (exact) mass is 395 g/mol. The van der Waals surface area contributed by atoms with E-state index in [1.54, 1.807) is 24.3 Å². The molecule has 1 aliphatic rings. The van der Waals surface area contributed by atoms with Gasteiger partial charge in [-0.2, -0.15) is 8.42 Å². The normalized spacial score (nSPS) is 13.0. The molecule has 1 N–H and O–H groups in total. The molecular formula is C20H13NO6S. The van der Waals surface area contributed by atoms with Crippen LogP contribution in [0.15, 0.2) is 77.7 Å². The fourth-order valence-electron chi connectivity index (χ4n) is 2.67. The van der Waals surface area contributed by atoms with Crippen molar-refractivity contribution >= 4 is 21.9 Å². The van der Waals surface area contributed by atoms with Gasteiger partial charge in [-0.15, -0.1) is 0 Å². The Morgan fingerprint density at radius 1 is 0.679 bits per heavy atom. The summed E-state index contributed by atoms with van der Waals surface area (Å²) < 4.78 is 35.7. The lowest BCUT2D eigenvalue weighted by atomic mass is 10.1. The molecule has 1 heterocycles. The number of amides is 2. The summed E-state index contributed by atoms with van der Waals surface area (Å²) in [5, 5.41) is 2.11. The van der Waals surface area contributed by atoms with Crippen LogP contribution in [0.2, 0.25) is 0 Å². The maximum Gasteiger partial charge on any atom is 0.339 e. The van der Waals surface area contributed by atoms with Gasteiger partial charge in [0.2, 0.25) is 0 Å². The Bertz CT molecular complexity index is 1170. The van der Waals surface area contributed by atoms with Gasteiger partial charge in [0.15, 0.2) is 0 Å². The first-order valence-electron chi connectivity index (χ1n) is 8.19. The van der Waals surface area contributed by atoms with Crippen molar-refractivity contribution in [1.29, 1.82) is 0 Å². The lowest BCUT2D eigenvalue weighted by molar-refractivity contribution is 0.0879. The number of nitrogens with one attached hydrogen (secondary N) is 1. The Morgan fingerprint density at radius 2 is 1.29 bits per heavy atom. The van der Waals surface area contributed by atoms with Gasteiger partial charge < -0.3 is 8.92 Å². The van der Waals surface area contributed by atoms with E-state index >= 15 is 0 Å². The van der Waals surface area contributed by atoms with Crippen LogP contribution in [0.3, 0.4) is 0 Å². The number of fused-ring (bicyclic) bond motifs is 1. The highest BCUT2D eigenvalue weighted by molar-refractivity contribution is 7.87. The molecular weight excluding hydrogens is 382 g/mol. The predicted molar refractivity (Wildman–Crippen MR) is 99.0 cm³/mol. The van der Waals surface area contributed by atoms with Gasteiger partial charge in [-0.1, -0.05) is 18.2 Å². The van der Waals surface area contributed by atoms with E-state index in [1.807, 2.05) is 18.2 Å². The molecule has 3 aromatic carbocycles. The van der Waals surface area contributed by atoms with Gasteiger partial charge in [-0.3, -0.25) is 14.9 Å². The van der Waals surface area contributed by atoms with E-state index in [0.717, 1.165) is 6.07 Å². The molecule has 2 amide bonds. The second kappa shape index (κ2) is 6.82. The van der Waals surface area contributed by atoms with Gasteiger partial charge >= 0.3 is 10.1 Å². The smallest absolute Gasteiger partial charge is 0.339 e. The third-order valence-corrected chi connectivity index (χ3v) is 5.25. The number of imide groups is 1. The van der Waals surface area contributed by atoms with Crippen LogP contribution in [0.5, 0.6) is 17.2 Å². The number of para-hydroxylation sites is 1. The minimum absolute atomic E-state index is 0.00119. The number of hydrogen-bond acceptors (Lipinski definition) is 6. The van der Waals surface area contributed by atoms with E-state index in [0.29, 0.717) is 11.5 Å². The van der Waals surface area contributed by atoms with Crippen molar-refractivity contribution in [2.24, 2.45) is 0 Å². The Kier molecular flexibility index (Phi) is 4.32. The van der Waals surface area contributed by atoms with Crippen molar-refractivity contribution in [3.8, 4) is 17.2 Å². The molecule has 0 fully saturated rings. The van der Waals surface area contributed by atoms with E-state index in [4.69, 9.17) is 8.92 Å². The number of ether oxygens (including phenoxy) is 1. The van der Waals surface area contributed by atoms with Crippen molar-refractivity contribution in [2.45, 2.75) is 4.90 Å². The second-order valence-corrected chi connectivity index (χ2v) is 7.46. The zero-order valence-corrected chi connectivity index (χ0v) is 15.1. The van der Waals surface area contributed by atoms with Gasteiger partial charge in [0.25, 0.3) is 11.8 Å². The average Bonchev–Trinajstić information content (AvgIpc) is 2.97. The predicted octanol–water partition coefficient (Wildman–Crippen LogP) is 3.13. The van der Waals surface area contributed by atoms with Crippen molar-refractivity contribution < 1.29 is 26.9 Å². The lowest BCUT2D eigenvalue weighted by Gasteiger charge is -2.09. The number of carbonyl (C=O) groups excluding carboxylic acids is 2. The van der Waals surface area contributed by atoms with Crippen molar-refractivity contribution in [3.63, 3.8) is 0 Å². The average molecular weight is 395 g/mol. The molecule has 0 atom stereocenters. The molecule has 7 nitrogen and oxygen atoms in total. The molecule has 1 aliphatic heterocycles. The highest BCUT2D eigenvalue weighted by atomic mass is 32.2. The molecule has 0 radical (unpaired) electrons. The van der Waals surface area contributed by atoms with Gasteiger partial charge in [0.1, 0.15) is 22.1 Å². The Balaban J connectivity index is 1.53. The molecule has 0 saturated heterocycles. The first kappa shape index (κ1) is 17.7. The maximum absolute atomic E-state index is 12.5. The quantitative estimate of drug-likeness (QED) is 0.526. The summed E-state index contributed by atoms with van der Waals surface area (Å²) in [6.45, 7) is 0. The summed E-state index contributed by atoms with van der Waals surface area (Å²) in [6.07, 6.45) is 0. The SMILES string of the molecule is O=C1NC(=O)c2cc(S(=O)(=O)Oc3ccc(Oc4ccccc4)cc3)ccc21. The van der Waals surface area contributed by atoms with E-state index < -0.39 is 21.9 Å². The molecule has 0 saturated carbocycles. The third kappa shape index (κ3) is 3.45. The largest absolute Gasteiger partial charge is 0.457 e. The Hall–Kier alpha value is -3.65. The van der Waals surface area contributed by atoms with E-state index in [-0.39, 0.29) is 21.8 Å². The fraction of sp³-hybridized carbons (Fsp3) is 0. The summed E-state index contributed by atoms with van der Waals surface area (Å²) in [6, 6.07) is 18.8. The number of rotatable bonds is 5. The molecule has 0 spiro atoms. The van der Waals surface area contributed by atoms with Crippen LogP contribution in [0.25, 0.3) is 0 Å². The van der Waals surface area contributed by atoms with Crippen molar-refractivity contribution in [2.75, 3.05) is 0 Å². The molecule has 3 aromatic rings. The first-order chi connectivity index (χ1) is 13.4. The lowest BCUT2D eigenvalue weighted by Crippen LogP contribution is -2.19. The topological polar surface area (TPSA) is 98.8 Å². The van der Waals surface area contributed by atoms with Crippen LogP contribution in [-0.2, 0) is 10.1 Å². The molecule has 4 rings (SSSR count). The second-order valence-electron chi connectivity index (χ2n) is 5.91. The fourth-order valence-corrected chi connectivity index (χ4v) is 3.62. The van der Waals surface area contributed by atoms with Crippen LogP contribution in [0.4, 0.5) is 0 Å². The van der Waals surface area contributed by atoms with Crippen LogP contribution in [0, 0.1) is 0 Å². The summed E-state index contributed by atoms with van der Waals surface area (Å²) >= 11 is 0. The van der Waals surface area contributed by atoms with Gasteiger partial charge in [0.05, 0.1) is 11.1 Å². The van der Waals surface area contributed by atoms with Crippen molar-refractivity contribution in [3.05, 3.63) is 83.9 Å². The highest BCUT2D eigenvalue weighted by Crippen LogP contribution is 2.26. The van der Waals surface area contributed by atoms with Crippen LogP contribution in [-0.4, -0.2) is 20.2 Å². The first-order valence-corrected chi connectivity index (χ1v) is 9.60. The maximum atomic E-state index is 12.5. The molecule has 8 heteroatoms. The molecule has 140 valence electrons. The molecule has 28 heavy (non-hydrogen) atoms. The Morgan fingerprint density at radius 3 is 2.00 bits per heavy atom. The summed E-state index contributed by atoms with van der Waals surface area (Å²) in [4.78, 5) is 23.1. The zero-order chi connectivity index (χ0) is 19.7. The molecule has 0 aromatic heterocycles. The van der Waals surface area contributed by atoms with Gasteiger partial charge in [0, 0.05) is 0 Å². The van der Waals surface area contributed by atoms with Gasteiger partial charge in [-0.05, 0) is 54.6 Å². The number of hydrogen-bond donors (Lipinski definition) is 1. The third-order valence-electron chi connectivity index (χ3n) is 4.00.